The number of nitrogens with zero attached hydrogens (tertiary/aromatic N) is 4. The van der Waals surface area contributed by atoms with E-state index in [1.807, 2.05) is 28.9 Å². The summed E-state index contributed by atoms with van der Waals surface area (Å²) in [4.78, 5) is 9.34. The molecule has 4 rings (SSSR count). The number of hydrogen-bond donors (Lipinski definition) is 1. The van der Waals surface area contributed by atoms with Crippen molar-refractivity contribution >= 4 is 33.8 Å². The number of benzene rings is 2. The standard InChI is InChI=1S/C19H20BrN5S/c20-16-8-6-15(7-9-16)18-21-19(26)25(22-18)14-23-10-12-24(13-11-23)17-4-2-1-3-5-17/h1-9H,10-14H2,(H,21,22,26). The van der Waals surface area contributed by atoms with Crippen LogP contribution in [0.2, 0.25) is 0 Å². The van der Waals surface area contributed by atoms with E-state index in [4.69, 9.17) is 12.2 Å². The van der Waals surface area contributed by atoms with Gasteiger partial charge in [-0.3, -0.25) is 10.00 Å². The summed E-state index contributed by atoms with van der Waals surface area (Å²) >= 11 is 8.90. The lowest BCUT2D eigenvalue weighted by molar-refractivity contribution is 0.194. The van der Waals surface area contributed by atoms with Crippen molar-refractivity contribution in [1.82, 2.24) is 19.7 Å². The average molecular weight is 430 g/mol. The minimum absolute atomic E-state index is 0.591. The van der Waals surface area contributed by atoms with Crippen LogP contribution in [0.25, 0.3) is 11.4 Å². The highest BCUT2D eigenvalue weighted by Crippen LogP contribution is 2.19. The molecule has 0 unspecified atom stereocenters. The van der Waals surface area contributed by atoms with Gasteiger partial charge in [0.25, 0.3) is 0 Å². The molecular weight excluding hydrogens is 410 g/mol. The number of nitrogens with one attached hydrogen (secondary N) is 1. The first-order valence-corrected chi connectivity index (χ1v) is 9.84. The summed E-state index contributed by atoms with van der Waals surface area (Å²) in [7, 11) is 0. The number of aromatic amines is 1. The summed E-state index contributed by atoms with van der Waals surface area (Å²) in [5.41, 5.74) is 2.33. The fraction of sp³-hybridized carbons (Fsp3) is 0.263. The van der Waals surface area contributed by atoms with Gasteiger partial charge < -0.3 is 4.90 Å². The van der Waals surface area contributed by atoms with E-state index < -0.39 is 0 Å². The van der Waals surface area contributed by atoms with Crippen LogP contribution in [-0.4, -0.2) is 45.8 Å². The van der Waals surface area contributed by atoms with Crippen LogP contribution >= 0.6 is 28.1 Å². The van der Waals surface area contributed by atoms with Gasteiger partial charge in [-0.05, 0) is 36.5 Å². The van der Waals surface area contributed by atoms with Gasteiger partial charge >= 0.3 is 0 Å². The van der Waals surface area contributed by atoms with Crippen LogP contribution < -0.4 is 4.90 Å². The lowest BCUT2D eigenvalue weighted by Gasteiger charge is -2.35. The van der Waals surface area contributed by atoms with Crippen LogP contribution in [0.4, 0.5) is 5.69 Å². The van der Waals surface area contributed by atoms with Crippen LogP contribution in [0, 0.1) is 4.77 Å². The maximum Gasteiger partial charge on any atom is 0.217 e. The number of rotatable bonds is 4. The number of para-hydroxylation sites is 1. The third-order valence-electron chi connectivity index (χ3n) is 4.63. The zero-order valence-electron chi connectivity index (χ0n) is 14.3. The van der Waals surface area contributed by atoms with Gasteiger partial charge in [0.05, 0.1) is 6.67 Å². The van der Waals surface area contributed by atoms with E-state index in [9.17, 15) is 0 Å². The predicted octanol–water partition coefficient (Wildman–Crippen LogP) is 4.15. The van der Waals surface area contributed by atoms with Gasteiger partial charge in [0.15, 0.2) is 5.82 Å². The summed E-state index contributed by atoms with van der Waals surface area (Å²) < 4.78 is 3.59. The van der Waals surface area contributed by atoms with E-state index in [1.165, 1.54) is 5.69 Å². The molecule has 1 saturated heterocycles. The largest absolute Gasteiger partial charge is 0.369 e. The van der Waals surface area contributed by atoms with Crippen molar-refractivity contribution in [3.05, 3.63) is 63.8 Å². The Balaban J connectivity index is 1.41. The molecule has 5 nitrogen and oxygen atoms in total. The first kappa shape index (κ1) is 17.5. The van der Waals surface area contributed by atoms with Crippen molar-refractivity contribution in [3.63, 3.8) is 0 Å². The summed E-state index contributed by atoms with van der Waals surface area (Å²) in [6.07, 6.45) is 0. The van der Waals surface area contributed by atoms with Crippen LogP contribution in [0.1, 0.15) is 0 Å². The maximum atomic E-state index is 5.44. The zero-order valence-corrected chi connectivity index (χ0v) is 16.7. The predicted molar refractivity (Wildman–Crippen MR) is 111 cm³/mol. The third kappa shape index (κ3) is 3.90. The monoisotopic (exact) mass is 429 g/mol. The maximum absolute atomic E-state index is 5.44. The molecule has 134 valence electrons. The van der Waals surface area contributed by atoms with Gasteiger partial charge in [-0.2, -0.15) is 4.98 Å². The summed E-state index contributed by atoms with van der Waals surface area (Å²) in [5, 5.41) is 3.34. The molecule has 1 N–H and O–H groups in total. The average Bonchev–Trinajstić information content (AvgIpc) is 3.04. The second kappa shape index (κ2) is 7.73. The molecule has 0 spiro atoms. The van der Waals surface area contributed by atoms with E-state index in [1.54, 1.807) is 0 Å². The molecule has 7 heteroatoms. The molecule has 1 aromatic heterocycles. The second-order valence-corrected chi connectivity index (χ2v) is 7.65. The molecule has 0 aliphatic carbocycles. The van der Waals surface area contributed by atoms with Gasteiger partial charge in [0, 0.05) is 41.9 Å². The molecule has 0 bridgehead atoms. The summed E-state index contributed by atoms with van der Waals surface area (Å²) in [5.74, 6) is 0.811. The lowest BCUT2D eigenvalue weighted by Crippen LogP contribution is -2.46. The van der Waals surface area contributed by atoms with Crippen LogP contribution in [0.15, 0.2) is 59.1 Å². The van der Waals surface area contributed by atoms with E-state index in [0.29, 0.717) is 4.77 Å². The third-order valence-corrected chi connectivity index (χ3v) is 5.47. The first-order valence-electron chi connectivity index (χ1n) is 8.64. The van der Waals surface area contributed by atoms with Crippen molar-refractivity contribution in [2.45, 2.75) is 6.67 Å². The van der Waals surface area contributed by atoms with Gasteiger partial charge in [-0.15, -0.1) is 0 Å². The Kier molecular flexibility index (Phi) is 5.19. The quantitative estimate of drug-likeness (QED) is 0.632. The van der Waals surface area contributed by atoms with Crippen LogP contribution in [0.5, 0.6) is 0 Å². The Labute approximate surface area is 166 Å². The van der Waals surface area contributed by atoms with Crippen LogP contribution in [-0.2, 0) is 6.67 Å². The minimum Gasteiger partial charge on any atom is -0.369 e. The van der Waals surface area contributed by atoms with Crippen molar-refractivity contribution in [3.8, 4) is 11.4 Å². The molecule has 3 aromatic rings. The number of piperazine rings is 1. The highest BCUT2D eigenvalue weighted by atomic mass is 79.9. The zero-order chi connectivity index (χ0) is 17.9. The number of halogens is 1. The molecule has 1 fully saturated rings. The Hall–Kier alpha value is -1.96. The Morgan fingerprint density at radius 2 is 1.65 bits per heavy atom. The number of H-pyrrole nitrogens is 1. The van der Waals surface area contributed by atoms with E-state index >= 15 is 0 Å². The van der Waals surface area contributed by atoms with Gasteiger partial charge in [-0.1, -0.05) is 46.3 Å². The topological polar surface area (TPSA) is 40.1 Å². The molecule has 0 saturated carbocycles. The highest BCUT2D eigenvalue weighted by molar-refractivity contribution is 9.10. The Morgan fingerprint density at radius 3 is 2.35 bits per heavy atom. The minimum atomic E-state index is 0.591. The Morgan fingerprint density at radius 1 is 0.962 bits per heavy atom. The number of aromatic nitrogens is 3. The van der Waals surface area contributed by atoms with Gasteiger partial charge in [0.2, 0.25) is 4.77 Å². The fourth-order valence-corrected chi connectivity index (χ4v) is 3.63. The molecule has 0 atom stereocenters. The van der Waals surface area contributed by atoms with Gasteiger partial charge in [-0.25, -0.2) is 4.68 Å². The molecule has 1 aliphatic heterocycles. The molecule has 2 heterocycles. The molecular formula is C19H20BrN5S. The smallest absolute Gasteiger partial charge is 0.217 e. The molecule has 0 amide bonds. The van der Waals surface area contributed by atoms with E-state index in [-0.39, 0.29) is 0 Å². The van der Waals surface area contributed by atoms with Crippen molar-refractivity contribution < 1.29 is 0 Å². The lowest BCUT2D eigenvalue weighted by atomic mass is 10.2. The molecule has 2 aromatic carbocycles. The normalized spacial score (nSPS) is 15.3. The Bertz CT molecular complexity index is 911. The van der Waals surface area contributed by atoms with Crippen molar-refractivity contribution in [2.75, 3.05) is 31.1 Å². The van der Waals surface area contributed by atoms with Crippen molar-refractivity contribution in [2.24, 2.45) is 0 Å². The number of hydrogen-bond acceptors (Lipinski definition) is 4. The summed E-state index contributed by atoms with van der Waals surface area (Å²) in [6.45, 7) is 4.79. The number of anilines is 1. The first-order chi connectivity index (χ1) is 12.7. The second-order valence-electron chi connectivity index (χ2n) is 6.37. The van der Waals surface area contributed by atoms with E-state index in [0.717, 1.165) is 48.7 Å². The molecule has 1 aliphatic rings. The van der Waals surface area contributed by atoms with Crippen LogP contribution in [0.3, 0.4) is 0 Å². The van der Waals surface area contributed by atoms with E-state index in [2.05, 4.69) is 66.1 Å². The van der Waals surface area contributed by atoms with Gasteiger partial charge in [0.1, 0.15) is 0 Å². The SMILES string of the molecule is S=c1nc(-c2ccc(Br)cc2)[nH]n1CN1CCN(c2ccccc2)CC1. The van der Waals surface area contributed by atoms with Crippen molar-refractivity contribution in [1.29, 1.82) is 0 Å². The summed E-state index contributed by atoms with van der Waals surface area (Å²) in [6, 6.07) is 18.7. The fourth-order valence-electron chi connectivity index (χ4n) is 3.18. The molecule has 26 heavy (non-hydrogen) atoms. The highest BCUT2D eigenvalue weighted by Gasteiger charge is 2.18. The molecule has 0 radical (unpaired) electrons.